The lowest BCUT2D eigenvalue weighted by Gasteiger charge is -2.09. The van der Waals surface area contributed by atoms with Crippen molar-refractivity contribution in [2.75, 3.05) is 21.7 Å². The lowest BCUT2D eigenvalue weighted by molar-refractivity contribution is -0.114. The average Bonchev–Trinajstić information content (AvgIpc) is 3.94. The Bertz CT molecular complexity index is 3460. The van der Waals surface area contributed by atoms with Gasteiger partial charge in [0.2, 0.25) is 5.91 Å². The molecule has 1 amide bonds. The first kappa shape index (κ1) is 45.0. The van der Waals surface area contributed by atoms with Gasteiger partial charge in [0, 0.05) is 91.6 Å². The molecule has 0 atom stereocenters. The van der Waals surface area contributed by atoms with Gasteiger partial charge in [-0.3, -0.25) is 24.1 Å². The Balaban J connectivity index is 0.000000172. The van der Waals surface area contributed by atoms with Gasteiger partial charge in [-0.2, -0.15) is 20.4 Å². The number of nitrogen functional groups attached to an aromatic ring is 1. The molecule has 0 aliphatic rings. The molecule has 69 heavy (non-hydrogen) atoms. The predicted octanol–water partition coefficient (Wildman–Crippen LogP) is 9.04. The van der Waals surface area contributed by atoms with E-state index in [4.69, 9.17) is 15.7 Å². The van der Waals surface area contributed by atoms with Crippen LogP contribution in [0.15, 0.2) is 122 Å². The number of hydrogen-bond donors (Lipinski definition) is 4. The van der Waals surface area contributed by atoms with E-state index in [2.05, 4.69) is 94.2 Å². The summed E-state index contributed by atoms with van der Waals surface area (Å²) in [5.74, 6) is 4.12. The van der Waals surface area contributed by atoms with Crippen molar-refractivity contribution in [3.63, 3.8) is 0 Å². The highest BCUT2D eigenvalue weighted by molar-refractivity contribution is 5.89. The molecular weight excluding hydrogens is 869 g/mol. The Morgan fingerprint density at radius 2 is 0.986 bits per heavy atom. The molecule has 0 fully saturated rings. The number of nitrogens with zero attached hydrogens (tertiary/aromatic N) is 14. The van der Waals surface area contributed by atoms with Crippen LogP contribution in [0.3, 0.4) is 0 Å². The maximum Gasteiger partial charge on any atom is 0.222 e. The number of carbonyl (C=O) groups is 1. The topological polar surface area (TPSA) is 244 Å². The van der Waals surface area contributed by atoms with Crippen LogP contribution in [0, 0.1) is 0 Å². The fraction of sp³-hybridized carbons (Fsp3) is 0.180. The molecule has 0 bridgehead atoms. The molecule has 0 aliphatic carbocycles. The van der Waals surface area contributed by atoms with Crippen molar-refractivity contribution in [1.29, 1.82) is 0 Å². The maximum atomic E-state index is 11.3. The number of nitrogens with two attached hydrogens (primary N) is 1. The van der Waals surface area contributed by atoms with Crippen LogP contribution in [0.25, 0.3) is 66.8 Å². The van der Waals surface area contributed by atoms with E-state index >= 15 is 0 Å². The van der Waals surface area contributed by atoms with Gasteiger partial charge in [0.05, 0.1) is 34.5 Å². The molecule has 0 aliphatic heterocycles. The molecule has 0 saturated carbocycles. The summed E-state index contributed by atoms with van der Waals surface area (Å²) in [7, 11) is 3.76. The van der Waals surface area contributed by atoms with E-state index in [1.165, 1.54) is 6.92 Å². The van der Waals surface area contributed by atoms with E-state index in [-0.39, 0.29) is 5.91 Å². The molecule has 0 unspecified atom stereocenters. The molecule has 19 heteroatoms. The van der Waals surface area contributed by atoms with Gasteiger partial charge in [-0.25, -0.2) is 19.9 Å². The third kappa shape index (κ3) is 10.5. The van der Waals surface area contributed by atoms with Crippen molar-refractivity contribution in [1.82, 2.24) is 69.9 Å². The zero-order valence-electron chi connectivity index (χ0n) is 38.9. The smallest absolute Gasteiger partial charge is 0.222 e. The van der Waals surface area contributed by atoms with E-state index in [1.807, 2.05) is 99.5 Å². The van der Waals surface area contributed by atoms with Crippen LogP contribution < -0.4 is 21.7 Å². The van der Waals surface area contributed by atoms with E-state index in [9.17, 15) is 4.79 Å². The molecule has 0 spiro atoms. The van der Waals surface area contributed by atoms with Gasteiger partial charge in [0.15, 0.2) is 11.6 Å². The van der Waals surface area contributed by atoms with Crippen molar-refractivity contribution < 1.29 is 4.79 Å². The molecule has 0 radical (unpaired) electrons. The number of carbonyl (C=O) groups excluding carboxylic acids is 1. The number of aromatic nitrogens is 14. The first-order valence-electron chi connectivity index (χ1n) is 22.1. The summed E-state index contributed by atoms with van der Waals surface area (Å²) >= 11 is 0. The summed E-state index contributed by atoms with van der Waals surface area (Å²) in [5.41, 5.74) is 17.9. The van der Waals surface area contributed by atoms with Crippen LogP contribution >= 0.6 is 0 Å². The Hall–Kier alpha value is -9.13. The zero-order valence-corrected chi connectivity index (χ0v) is 38.9. The molecule has 10 aromatic heterocycles. The van der Waals surface area contributed by atoms with Crippen molar-refractivity contribution in [2.45, 2.75) is 46.5 Å². The van der Waals surface area contributed by atoms with Gasteiger partial charge >= 0.3 is 0 Å². The highest BCUT2D eigenvalue weighted by Crippen LogP contribution is 2.34. The van der Waals surface area contributed by atoms with Crippen molar-refractivity contribution in [2.24, 2.45) is 14.1 Å². The first-order chi connectivity index (χ1) is 33.3. The van der Waals surface area contributed by atoms with Crippen LogP contribution in [0.1, 0.15) is 57.6 Å². The molecule has 5 N–H and O–H groups in total. The summed E-state index contributed by atoms with van der Waals surface area (Å²) in [6.45, 7) is 9.92. The molecule has 10 aromatic rings. The first-order valence-corrected chi connectivity index (χ1v) is 22.1. The van der Waals surface area contributed by atoms with Crippen LogP contribution in [-0.2, 0) is 18.9 Å². The lowest BCUT2D eigenvalue weighted by atomic mass is 10.0. The van der Waals surface area contributed by atoms with E-state index in [0.29, 0.717) is 46.7 Å². The second-order valence-electron chi connectivity index (χ2n) is 16.9. The number of pyridine rings is 6. The van der Waals surface area contributed by atoms with Crippen LogP contribution in [0.5, 0.6) is 0 Å². The van der Waals surface area contributed by atoms with Gasteiger partial charge in [0.1, 0.15) is 34.7 Å². The Morgan fingerprint density at radius 3 is 1.42 bits per heavy atom. The number of amides is 1. The summed E-state index contributed by atoms with van der Waals surface area (Å²) in [6, 6.07) is 22.9. The normalized spacial score (nSPS) is 11.2. The lowest BCUT2D eigenvalue weighted by Crippen LogP contribution is -2.07. The summed E-state index contributed by atoms with van der Waals surface area (Å²) < 4.78 is 3.53. The van der Waals surface area contributed by atoms with Crippen LogP contribution in [0.4, 0.5) is 34.9 Å². The monoisotopic (exact) mass is 916 g/mol. The van der Waals surface area contributed by atoms with Crippen LogP contribution in [0.2, 0.25) is 0 Å². The SMILES string of the molecule is CC(=O)Nc1ccc(-c2nn(C)cc2-c2cnc3ccc(Nc4cc(C(C)C)cnn4)nc3c2)cn1.CC(C)c1cnnc(Nc2ccc3ncc(-c4cn(C)nc4-c4ccc(N)nc4)cc3n2)c1. The second kappa shape index (κ2) is 19.4. The van der Waals surface area contributed by atoms with E-state index < -0.39 is 0 Å². The molecular formula is C50H48N18O. The average molecular weight is 917 g/mol. The number of fused-ring (bicyclic) bond motifs is 2. The third-order valence-electron chi connectivity index (χ3n) is 11.0. The minimum atomic E-state index is -0.169. The van der Waals surface area contributed by atoms with Crippen LogP contribution in [-0.4, -0.2) is 75.8 Å². The minimum absolute atomic E-state index is 0.169. The summed E-state index contributed by atoms with van der Waals surface area (Å²) in [6.07, 6.45) is 14.5. The Kier molecular flexibility index (Phi) is 12.6. The quantitative estimate of drug-likeness (QED) is 0.0945. The maximum absolute atomic E-state index is 11.3. The molecule has 0 saturated heterocycles. The standard InChI is InChI=1S/C26H25N9O.C24H23N9/c1-15(2)18-10-25(33-29-13-18)32-24-8-6-21-22(31-24)9-19(12-27-21)20-14-35(4)34-26(20)17-5-7-23(28-11-17)30-16(3)36;1-14(2)16-9-23(31-28-12-16)30-22-7-5-19-20(29-22)8-17(11-26-19)18-13-33(3)32-24(18)15-4-6-21(25)27-10-15/h5-15H,1-4H3,(H,28,30,36)(H,31,32,33);4-14H,1-3H3,(H2,25,27)(H,29,30,31). The van der Waals surface area contributed by atoms with Crippen molar-refractivity contribution in [3.8, 4) is 44.8 Å². The third-order valence-corrected chi connectivity index (χ3v) is 11.0. The fourth-order valence-corrected chi connectivity index (χ4v) is 7.39. The molecule has 19 nitrogen and oxygen atoms in total. The zero-order chi connectivity index (χ0) is 48.2. The van der Waals surface area contributed by atoms with E-state index in [1.54, 1.807) is 46.3 Å². The Labute approximate surface area is 396 Å². The molecule has 10 heterocycles. The number of nitrogens with one attached hydrogen (secondary N) is 3. The predicted molar refractivity (Wildman–Crippen MR) is 267 cm³/mol. The number of rotatable bonds is 11. The van der Waals surface area contributed by atoms with Gasteiger partial charge < -0.3 is 21.7 Å². The fourth-order valence-electron chi connectivity index (χ4n) is 7.39. The van der Waals surface area contributed by atoms with Gasteiger partial charge in [0.25, 0.3) is 0 Å². The number of anilines is 6. The van der Waals surface area contributed by atoms with Crippen molar-refractivity contribution in [3.05, 3.63) is 133 Å². The highest BCUT2D eigenvalue weighted by Gasteiger charge is 2.17. The highest BCUT2D eigenvalue weighted by atomic mass is 16.1. The molecule has 344 valence electrons. The Morgan fingerprint density at radius 1 is 0.522 bits per heavy atom. The largest absolute Gasteiger partial charge is 0.384 e. The molecule has 0 aromatic carbocycles. The summed E-state index contributed by atoms with van der Waals surface area (Å²) in [4.78, 5) is 38.6. The van der Waals surface area contributed by atoms with E-state index in [0.717, 1.165) is 78.0 Å². The minimum Gasteiger partial charge on any atom is -0.384 e. The molecule has 10 rings (SSSR count). The van der Waals surface area contributed by atoms with Gasteiger partial charge in [-0.15, -0.1) is 10.2 Å². The van der Waals surface area contributed by atoms with Gasteiger partial charge in [-0.1, -0.05) is 27.7 Å². The summed E-state index contributed by atoms with van der Waals surface area (Å²) in [5, 5.41) is 35.0. The van der Waals surface area contributed by atoms with Crippen molar-refractivity contribution >= 4 is 62.9 Å². The number of aryl methyl sites for hydroxylation is 2. The second-order valence-corrected chi connectivity index (χ2v) is 16.9. The number of hydrogen-bond acceptors (Lipinski definition) is 16. The van der Waals surface area contributed by atoms with Gasteiger partial charge in [-0.05, 0) is 95.8 Å².